The van der Waals surface area contributed by atoms with Gasteiger partial charge in [-0.3, -0.25) is 9.59 Å². The van der Waals surface area contributed by atoms with Gasteiger partial charge in [0.1, 0.15) is 42.0 Å². The van der Waals surface area contributed by atoms with Gasteiger partial charge in [-0.05, 0) is 81.2 Å². The van der Waals surface area contributed by atoms with E-state index in [1.54, 1.807) is 22.7 Å². The number of anilines is 2. The van der Waals surface area contributed by atoms with E-state index in [9.17, 15) is 14.4 Å². The zero-order chi connectivity index (χ0) is 44.4. The van der Waals surface area contributed by atoms with Gasteiger partial charge in [-0.2, -0.15) is 9.59 Å². The molecule has 13 heteroatoms. The predicted molar refractivity (Wildman–Crippen MR) is 243 cm³/mol. The Balaban J connectivity index is 0.00000168. The van der Waals surface area contributed by atoms with Gasteiger partial charge < -0.3 is 28.7 Å². The average Bonchev–Trinajstić information content (AvgIpc) is 3.62. The quantitative estimate of drug-likeness (QED) is 0.0860. The molecule has 320 valence electrons. The number of benzene rings is 6. The van der Waals surface area contributed by atoms with Crippen molar-refractivity contribution in [1.29, 1.82) is 0 Å². The molecule has 6 aromatic carbocycles. The number of para-hydroxylation sites is 1. The molecule has 0 aliphatic carbocycles. The van der Waals surface area contributed by atoms with E-state index < -0.39 is 11.6 Å². The maximum Gasteiger partial charge on any atom is 0.373 e. The molecule has 11 nitrogen and oxygen atoms in total. The van der Waals surface area contributed by atoms with Gasteiger partial charge >= 0.3 is 12.1 Å². The Bertz CT molecular complexity index is 2830. The molecule has 4 aliphatic heterocycles. The Morgan fingerprint density at radius 1 is 0.797 bits per heavy atom. The highest BCUT2D eigenvalue weighted by Gasteiger charge is 2.54. The number of thioether (sulfide) groups is 1. The van der Waals surface area contributed by atoms with Gasteiger partial charge in [-0.15, -0.1) is 11.8 Å². The van der Waals surface area contributed by atoms with Crippen molar-refractivity contribution >= 4 is 62.9 Å². The normalized spacial score (nSPS) is 18.5. The van der Waals surface area contributed by atoms with Crippen molar-refractivity contribution in [2.24, 2.45) is 5.92 Å². The number of halogens is 1. The Morgan fingerprint density at radius 2 is 1.50 bits per heavy atom. The Hall–Kier alpha value is -6.92. The summed E-state index contributed by atoms with van der Waals surface area (Å²) in [6.45, 7) is 0.631. The van der Waals surface area contributed by atoms with Gasteiger partial charge in [0.2, 0.25) is 5.91 Å². The van der Waals surface area contributed by atoms with Crippen molar-refractivity contribution in [3.8, 4) is 23.0 Å². The highest BCUT2D eigenvalue weighted by Crippen LogP contribution is 2.58. The summed E-state index contributed by atoms with van der Waals surface area (Å²) >= 11 is 5.43. The number of nitrogens with zero attached hydrogens (tertiary/aromatic N) is 2. The number of hydrogen-bond acceptors (Lipinski definition) is 11. The average molecular weight is 936 g/mol. The molecule has 0 radical (unpaired) electrons. The van der Waals surface area contributed by atoms with E-state index in [1.165, 1.54) is 0 Å². The Kier molecular flexibility index (Phi) is 12.0. The number of fused-ring (bicyclic) bond motifs is 7. The summed E-state index contributed by atoms with van der Waals surface area (Å²) in [7, 11) is 2.00. The van der Waals surface area contributed by atoms with Crippen molar-refractivity contribution in [2.75, 3.05) is 24.3 Å². The molecule has 6 aromatic rings. The number of amides is 1. The van der Waals surface area contributed by atoms with E-state index in [0.29, 0.717) is 51.6 Å². The van der Waals surface area contributed by atoms with Crippen molar-refractivity contribution in [3.05, 3.63) is 189 Å². The number of rotatable bonds is 12. The van der Waals surface area contributed by atoms with E-state index in [2.05, 4.69) is 20.8 Å². The third-order valence-corrected chi connectivity index (χ3v) is 13.7. The van der Waals surface area contributed by atoms with Crippen LogP contribution in [0.25, 0.3) is 0 Å². The first kappa shape index (κ1) is 42.4. The minimum Gasteiger partial charge on any atom is -0.489 e. The van der Waals surface area contributed by atoms with Crippen LogP contribution in [0.1, 0.15) is 44.6 Å². The smallest absolute Gasteiger partial charge is 0.373 e. The molecule has 1 amide bonds. The molecule has 1 saturated heterocycles. The number of carbonyl (C=O) groups excluding carboxylic acids is 5. The third-order valence-electron chi connectivity index (χ3n) is 11.7. The van der Waals surface area contributed by atoms with E-state index in [4.69, 9.17) is 28.5 Å². The lowest BCUT2D eigenvalue weighted by Crippen LogP contribution is -2.58. The van der Waals surface area contributed by atoms with Crippen LogP contribution in [0, 0.1) is 5.92 Å². The molecule has 0 aromatic heterocycles. The molecule has 0 N–H and O–H groups in total. The fraction of sp³-hybridized carbons (Fsp3) is 0.176. The molecule has 1 unspecified atom stereocenters. The minimum atomic E-state index is -1.22. The van der Waals surface area contributed by atoms with Crippen LogP contribution in [0.5, 0.6) is 23.0 Å². The highest BCUT2D eigenvalue weighted by atomic mass is 79.9. The lowest BCUT2D eigenvalue weighted by molar-refractivity contribution is -0.191. The number of esters is 1. The molecular formula is C51H39BrN2O9S. The highest BCUT2D eigenvalue weighted by molar-refractivity contribution is 9.10. The van der Waals surface area contributed by atoms with Crippen LogP contribution in [0.4, 0.5) is 11.4 Å². The van der Waals surface area contributed by atoms with Gasteiger partial charge in [0, 0.05) is 72.0 Å². The van der Waals surface area contributed by atoms with Crippen LogP contribution in [0.15, 0.2) is 156 Å². The lowest BCUT2D eigenvalue weighted by atomic mass is 9.77. The van der Waals surface area contributed by atoms with Crippen LogP contribution < -0.4 is 19.1 Å². The van der Waals surface area contributed by atoms with Gasteiger partial charge in [0.15, 0.2) is 5.60 Å². The van der Waals surface area contributed by atoms with Crippen molar-refractivity contribution < 1.29 is 42.9 Å². The summed E-state index contributed by atoms with van der Waals surface area (Å²) in [5, 5.41) is -0.00865. The van der Waals surface area contributed by atoms with Crippen molar-refractivity contribution in [3.63, 3.8) is 0 Å². The molecular weight excluding hydrogens is 897 g/mol. The maximum absolute atomic E-state index is 13.5. The van der Waals surface area contributed by atoms with Crippen LogP contribution in [0.3, 0.4) is 0 Å². The summed E-state index contributed by atoms with van der Waals surface area (Å²) < 4.78 is 26.3. The Morgan fingerprint density at radius 3 is 2.27 bits per heavy atom. The van der Waals surface area contributed by atoms with Crippen molar-refractivity contribution in [2.45, 2.75) is 30.4 Å². The number of carbonyl (C=O) groups is 3. The molecule has 1 spiro atoms. The number of hydrogen-bond donors (Lipinski definition) is 0. The summed E-state index contributed by atoms with van der Waals surface area (Å²) in [6.07, 6.45) is 2.76. The number of ether oxygens (including phenoxy) is 4. The predicted octanol–water partition coefficient (Wildman–Crippen LogP) is 9.78. The first-order valence-corrected chi connectivity index (χ1v) is 22.3. The first-order chi connectivity index (χ1) is 31.2. The number of β-lactam (4-membered cyclic amide) rings is 1. The standard InChI is InChI=1S/C50H39BrN2O7S.CO2/c1-52(34-12-6-3-7-13-34)35-18-21-41-44(23-35)59-45-26-46(43(51)25-42(45)50(41)40-15-9-8-14-38(40)49(56)60-50)58-28-32-16-19-37(20-17-32)57-29-33-27-53-47(55)39(48(53)61-30-33)24-36(54)22-31-10-4-2-5-11-31;2-1-3/h2-21,23,25-27,39,48H,22,24,28-30H2,1H3;/t39-,48-,50?;/m0./s1. The third kappa shape index (κ3) is 8.09. The molecule has 0 bridgehead atoms. The topological polar surface area (TPSA) is 129 Å². The molecule has 0 saturated carbocycles. The summed E-state index contributed by atoms with van der Waals surface area (Å²) in [4.78, 5) is 59.2. The van der Waals surface area contributed by atoms with E-state index >= 15 is 0 Å². The molecule has 10 rings (SSSR count). The van der Waals surface area contributed by atoms with Gasteiger partial charge in [0.25, 0.3) is 0 Å². The summed E-state index contributed by atoms with van der Waals surface area (Å²) in [5.74, 6) is 2.52. The van der Waals surface area contributed by atoms with Crippen LogP contribution in [0.2, 0.25) is 0 Å². The summed E-state index contributed by atoms with van der Waals surface area (Å²) in [5.41, 5.74) is 6.32. The second-order valence-corrected chi connectivity index (χ2v) is 17.6. The fourth-order valence-corrected chi connectivity index (χ4v) is 10.3. The SMILES string of the molecule is CN(c1ccccc1)c1ccc2c(c1)Oc1cc(OCc3ccc(OCC4=CN5C(=O)[C@H](CC(=O)Cc6ccccc6)[C@@H]5SC4)cc3)c(Br)cc1C21OC(=O)c2ccccc21.O=C=O. The van der Waals surface area contributed by atoms with Crippen LogP contribution in [-0.2, 0) is 42.5 Å². The largest absolute Gasteiger partial charge is 0.489 e. The molecule has 4 aliphatic rings. The van der Waals surface area contributed by atoms with Crippen LogP contribution >= 0.6 is 27.7 Å². The lowest BCUT2D eigenvalue weighted by Gasteiger charge is -2.47. The molecule has 1 fully saturated rings. The monoisotopic (exact) mass is 934 g/mol. The van der Waals surface area contributed by atoms with E-state index in [-0.39, 0.29) is 42.2 Å². The number of ketones is 1. The minimum absolute atomic E-state index is 0.00461. The fourth-order valence-electron chi connectivity index (χ4n) is 8.52. The van der Waals surface area contributed by atoms with E-state index in [0.717, 1.165) is 45.0 Å². The Labute approximate surface area is 381 Å². The van der Waals surface area contributed by atoms with E-state index in [1.807, 2.05) is 147 Å². The van der Waals surface area contributed by atoms with Gasteiger partial charge in [0.05, 0.1) is 21.3 Å². The van der Waals surface area contributed by atoms with Crippen molar-refractivity contribution in [1.82, 2.24) is 4.90 Å². The first-order valence-electron chi connectivity index (χ1n) is 20.5. The van der Waals surface area contributed by atoms with Gasteiger partial charge in [-0.1, -0.05) is 78.9 Å². The van der Waals surface area contributed by atoms with Gasteiger partial charge in [-0.25, -0.2) is 4.79 Å². The molecule has 64 heavy (non-hydrogen) atoms. The second kappa shape index (κ2) is 18.1. The van der Waals surface area contributed by atoms with Crippen LogP contribution in [-0.4, -0.2) is 53.5 Å². The zero-order valence-corrected chi connectivity index (χ0v) is 36.8. The molecule has 3 atom stereocenters. The molecule has 4 heterocycles. The second-order valence-electron chi connectivity index (χ2n) is 15.6. The zero-order valence-electron chi connectivity index (χ0n) is 34.4. The summed E-state index contributed by atoms with van der Waals surface area (Å²) in [6, 6.07) is 44.7. The number of Topliss-reactive ketones (excluding diaryl/α,β-unsaturated/α-hetero) is 1. The maximum atomic E-state index is 13.5.